The molecule has 0 aliphatic heterocycles. The summed E-state index contributed by atoms with van der Waals surface area (Å²) < 4.78 is 3.49. The van der Waals surface area contributed by atoms with Gasteiger partial charge in [-0.2, -0.15) is 0 Å². The van der Waals surface area contributed by atoms with E-state index in [0.29, 0.717) is 12.6 Å². The maximum absolute atomic E-state index is 12.8. The second kappa shape index (κ2) is 6.44. The number of aromatic nitrogens is 1. The molecule has 0 radical (unpaired) electrons. The van der Waals surface area contributed by atoms with E-state index in [2.05, 4.69) is 52.5 Å². The van der Waals surface area contributed by atoms with Gasteiger partial charge in [0.25, 0.3) is 5.91 Å². The van der Waals surface area contributed by atoms with Gasteiger partial charge in [0, 0.05) is 12.6 Å². The van der Waals surface area contributed by atoms with Crippen LogP contribution in [-0.2, 0) is 6.54 Å². The first kappa shape index (κ1) is 15.5. The maximum atomic E-state index is 12.8. The molecule has 124 valence electrons. The number of carbonyl (C=O) groups excluding carboxylic acids is 1. The third kappa shape index (κ3) is 2.86. The normalized spacial score (nSPS) is 15.2. The molecule has 3 nitrogen and oxygen atoms in total. The molecule has 3 aromatic rings. The lowest BCUT2D eigenvalue weighted by atomic mass is 10.1. The van der Waals surface area contributed by atoms with Crippen LogP contribution in [0.15, 0.2) is 41.8 Å². The van der Waals surface area contributed by atoms with Crippen molar-refractivity contribution >= 4 is 27.5 Å². The molecule has 1 aliphatic carbocycles. The fourth-order valence-corrected chi connectivity index (χ4v) is 4.58. The van der Waals surface area contributed by atoms with Crippen molar-refractivity contribution in [3.05, 3.63) is 58.6 Å². The number of aryl methyl sites for hydroxylation is 1. The van der Waals surface area contributed by atoms with Gasteiger partial charge in [-0.05, 0) is 42.8 Å². The summed E-state index contributed by atoms with van der Waals surface area (Å²) in [6, 6.07) is 13.0. The van der Waals surface area contributed by atoms with Crippen LogP contribution in [0.4, 0.5) is 0 Å². The molecule has 0 spiro atoms. The van der Waals surface area contributed by atoms with Crippen molar-refractivity contribution in [3.63, 3.8) is 0 Å². The van der Waals surface area contributed by atoms with E-state index in [1.807, 2.05) is 6.07 Å². The average Bonchev–Trinajstić information content (AvgIpc) is 3.28. The molecular weight excluding hydrogens is 316 g/mol. The monoisotopic (exact) mass is 338 g/mol. The molecule has 4 rings (SSSR count). The molecule has 0 bridgehead atoms. The molecule has 0 unspecified atom stereocenters. The van der Waals surface area contributed by atoms with E-state index in [0.717, 1.165) is 11.3 Å². The minimum atomic E-state index is 0.0341. The van der Waals surface area contributed by atoms with E-state index in [-0.39, 0.29) is 5.91 Å². The van der Waals surface area contributed by atoms with Gasteiger partial charge < -0.3 is 9.88 Å². The SMILES string of the molecule is Cc1cccc(CNC(=O)c2cc3sccc3n2C2CCCC2)c1. The Morgan fingerprint density at radius 1 is 1.25 bits per heavy atom. The van der Waals surface area contributed by atoms with Gasteiger partial charge in [-0.25, -0.2) is 0 Å². The summed E-state index contributed by atoms with van der Waals surface area (Å²) in [7, 11) is 0. The second-order valence-corrected chi connectivity index (χ2v) is 7.63. The van der Waals surface area contributed by atoms with Gasteiger partial charge in [-0.1, -0.05) is 42.7 Å². The summed E-state index contributed by atoms with van der Waals surface area (Å²) >= 11 is 1.71. The zero-order valence-corrected chi connectivity index (χ0v) is 14.7. The van der Waals surface area contributed by atoms with Crippen LogP contribution in [0.1, 0.15) is 53.3 Å². The Morgan fingerprint density at radius 2 is 2.08 bits per heavy atom. The number of nitrogens with zero attached hydrogens (tertiary/aromatic N) is 1. The summed E-state index contributed by atoms with van der Waals surface area (Å²) in [6.07, 6.45) is 4.88. The quantitative estimate of drug-likeness (QED) is 0.709. The van der Waals surface area contributed by atoms with Gasteiger partial charge >= 0.3 is 0 Å². The topological polar surface area (TPSA) is 34.0 Å². The standard InChI is InChI=1S/C20H22N2OS/c1-14-5-4-6-15(11-14)13-21-20(23)18-12-19-17(9-10-24-19)22(18)16-7-2-3-8-16/h4-6,9-12,16H,2-3,7-8,13H2,1H3,(H,21,23). The Labute approximate surface area is 146 Å². The lowest BCUT2D eigenvalue weighted by Crippen LogP contribution is -2.26. The van der Waals surface area contributed by atoms with E-state index in [4.69, 9.17) is 0 Å². The fraction of sp³-hybridized carbons (Fsp3) is 0.350. The van der Waals surface area contributed by atoms with Crippen LogP contribution in [0, 0.1) is 6.92 Å². The number of hydrogen-bond acceptors (Lipinski definition) is 2. The molecule has 1 saturated carbocycles. The third-order valence-electron chi connectivity index (χ3n) is 4.92. The number of thiophene rings is 1. The van der Waals surface area contributed by atoms with Crippen molar-refractivity contribution < 1.29 is 4.79 Å². The first-order chi connectivity index (χ1) is 11.7. The van der Waals surface area contributed by atoms with E-state index in [1.165, 1.54) is 41.5 Å². The highest BCUT2D eigenvalue weighted by Gasteiger charge is 2.24. The lowest BCUT2D eigenvalue weighted by molar-refractivity contribution is 0.0940. The average molecular weight is 338 g/mol. The Balaban J connectivity index is 1.59. The van der Waals surface area contributed by atoms with Crippen LogP contribution in [0.3, 0.4) is 0 Å². The number of fused-ring (bicyclic) bond motifs is 1. The molecule has 0 atom stereocenters. The molecule has 2 aromatic heterocycles. The molecule has 1 fully saturated rings. The van der Waals surface area contributed by atoms with Crippen molar-refractivity contribution in [2.24, 2.45) is 0 Å². The van der Waals surface area contributed by atoms with Crippen LogP contribution < -0.4 is 5.32 Å². The molecule has 1 N–H and O–H groups in total. The van der Waals surface area contributed by atoms with Crippen molar-refractivity contribution in [3.8, 4) is 0 Å². The first-order valence-corrected chi connectivity index (χ1v) is 9.52. The Hall–Kier alpha value is -2.07. The summed E-state index contributed by atoms with van der Waals surface area (Å²) in [5.41, 5.74) is 4.39. The molecule has 1 amide bonds. The van der Waals surface area contributed by atoms with Gasteiger partial charge in [-0.3, -0.25) is 4.79 Å². The molecule has 24 heavy (non-hydrogen) atoms. The highest BCUT2D eigenvalue weighted by molar-refractivity contribution is 7.17. The minimum Gasteiger partial charge on any atom is -0.347 e. The van der Waals surface area contributed by atoms with Crippen molar-refractivity contribution in [1.29, 1.82) is 0 Å². The van der Waals surface area contributed by atoms with Gasteiger partial charge in [0.1, 0.15) is 5.69 Å². The van der Waals surface area contributed by atoms with Crippen LogP contribution in [0.25, 0.3) is 10.2 Å². The summed E-state index contributed by atoms with van der Waals surface area (Å²) in [5.74, 6) is 0.0341. The Kier molecular flexibility index (Phi) is 4.15. The van der Waals surface area contributed by atoms with Crippen LogP contribution >= 0.6 is 11.3 Å². The van der Waals surface area contributed by atoms with Crippen LogP contribution in [0.2, 0.25) is 0 Å². The fourth-order valence-electron chi connectivity index (χ4n) is 3.77. The predicted octanol–water partition coefficient (Wildman–Crippen LogP) is 5.06. The third-order valence-corrected chi connectivity index (χ3v) is 5.77. The first-order valence-electron chi connectivity index (χ1n) is 8.64. The number of carbonyl (C=O) groups is 1. The maximum Gasteiger partial charge on any atom is 0.268 e. The van der Waals surface area contributed by atoms with Gasteiger partial charge in [0.2, 0.25) is 0 Å². The highest BCUT2D eigenvalue weighted by Crippen LogP contribution is 2.36. The largest absolute Gasteiger partial charge is 0.347 e. The second-order valence-electron chi connectivity index (χ2n) is 6.68. The highest BCUT2D eigenvalue weighted by atomic mass is 32.1. The predicted molar refractivity (Wildman–Crippen MR) is 99.7 cm³/mol. The number of nitrogens with one attached hydrogen (secondary N) is 1. The summed E-state index contributed by atoms with van der Waals surface area (Å²) in [6.45, 7) is 2.65. The molecule has 4 heteroatoms. The van der Waals surface area contributed by atoms with E-state index in [9.17, 15) is 4.79 Å². The van der Waals surface area contributed by atoms with Crippen LogP contribution in [-0.4, -0.2) is 10.5 Å². The molecular formula is C20H22N2OS. The van der Waals surface area contributed by atoms with Crippen molar-refractivity contribution in [2.75, 3.05) is 0 Å². The Morgan fingerprint density at radius 3 is 2.88 bits per heavy atom. The van der Waals surface area contributed by atoms with E-state index < -0.39 is 0 Å². The van der Waals surface area contributed by atoms with E-state index in [1.54, 1.807) is 11.3 Å². The lowest BCUT2D eigenvalue weighted by Gasteiger charge is -2.17. The molecule has 2 heterocycles. The number of hydrogen-bond donors (Lipinski definition) is 1. The van der Waals surface area contributed by atoms with Crippen molar-refractivity contribution in [1.82, 2.24) is 9.88 Å². The summed E-state index contributed by atoms with van der Waals surface area (Å²) in [5, 5.41) is 5.22. The van der Waals surface area contributed by atoms with Crippen molar-refractivity contribution in [2.45, 2.75) is 45.2 Å². The smallest absolute Gasteiger partial charge is 0.268 e. The van der Waals surface area contributed by atoms with Gasteiger partial charge in [0.05, 0.1) is 10.2 Å². The van der Waals surface area contributed by atoms with Crippen LogP contribution in [0.5, 0.6) is 0 Å². The molecule has 1 aliphatic rings. The Bertz CT molecular complexity index is 871. The van der Waals surface area contributed by atoms with Gasteiger partial charge in [-0.15, -0.1) is 11.3 Å². The number of amides is 1. The zero-order valence-electron chi connectivity index (χ0n) is 13.9. The number of benzene rings is 1. The molecule has 1 aromatic carbocycles. The number of rotatable bonds is 4. The molecule has 0 saturated heterocycles. The minimum absolute atomic E-state index is 0.0341. The van der Waals surface area contributed by atoms with Gasteiger partial charge in [0.15, 0.2) is 0 Å². The summed E-state index contributed by atoms with van der Waals surface area (Å²) in [4.78, 5) is 12.8. The zero-order chi connectivity index (χ0) is 16.5. The van der Waals surface area contributed by atoms with E-state index >= 15 is 0 Å².